The van der Waals surface area contributed by atoms with Crippen molar-refractivity contribution in [2.75, 3.05) is 6.61 Å². The quantitative estimate of drug-likeness (QED) is 0.729. The molecule has 0 radical (unpaired) electrons. The summed E-state index contributed by atoms with van der Waals surface area (Å²) in [5.74, 6) is -0.422. The first kappa shape index (κ1) is 12.7. The van der Waals surface area contributed by atoms with Crippen molar-refractivity contribution in [2.45, 2.75) is 19.8 Å². The predicted molar refractivity (Wildman–Crippen MR) is 80.9 cm³/mol. The minimum Gasteiger partial charge on any atom is -0.466 e. The maximum atomic E-state index is 11.8. The lowest BCUT2D eigenvalue weighted by Crippen LogP contribution is -2.12. The largest absolute Gasteiger partial charge is 0.466 e. The Bertz CT molecular complexity index is 773. The zero-order valence-corrected chi connectivity index (χ0v) is 11.6. The molecule has 1 heterocycles. The normalized spacial score (nSPS) is 12.7. The fourth-order valence-electron chi connectivity index (χ4n) is 2.54. The van der Waals surface area contributed by atoms with Gasteiger partial charge < -0.3 is 9.72 Å². The third kappa shape index (κ3) is 2.05. The van der Waals surface area contributed by atoms with Crippen LogP contribution >= 0.6 is 0 Å². The molecular formula is C17H17NO2. The van der Waals surface area contributed by atoms with Crippen molar-refractivity contribution >= 4 is 27.8 Å². The van der Waals surface area contributed by atoms with Gasteiger partial charge in [0.2, 0.25) is 0 Å². The molecule has 1 atom stereocenters. The highest BCUT2D eigenvalue weighted by Gasteiger charge is 2.17. The fourth-order valence-corrected chi connectivity index (χ4v) is 2.54. The van der Waals surface area contributed by atoms with Crippen molar-refractivity contribution in [1.29, 1.82) is 0 Å². The van der Waals surface area contributed by atoms with Gasteiger partial charge in [-0.2, -0.15) is 0 Å². The summed E-state index contributed by atoms with van der Waals surface area (Å²) < 4.78 is 5.08. The van der Waals surface area contributed by atoms with Gasteiger partial charge in [-0.15, -0.1) is 0 Å². The first-order valence-electron chi connectivity index (χ1n) is 6.87. The summed E-state index contributed by atoms with van der Waals surface area (Å²) >= 11 is 0. The number of hydrogen-bond donors (Lipinski definition) is 1. The number of ether oxygens (including phenoxy) is 1. The average molecular weight is 267 g/mol. The van der Waals surface area contributed by atoms with E-state index in [1.54, 1.807) is 0 Å². The molecule has 102 valence electrons. The Morgan fingerprint density at radius 1 is 1.15 bits per heavy atom. The lowest BCUT2D eigenvalue weighted by atomic mass is 10.00. The zero-order chi connectivity index (χ0) is 14.1. The number of esters is 1. The molecule has 0 fully saturated rings. The summed E-state index contributed by atoms with van der Waals surface area (Å²) in [6, 6.07) is 14.3. The van der Waals surface area contributed by atoms with Gasteiger partial charge in [0.15, 0.2) is 0 Å². The van der Waals surface area contributed by atoms with Gasteiger partial charge in [0.1, 0.15) is 0 Å². The van der Waals surface area contributed by atoms with E-state index in [9.17, 15) is 4.79 Å². The first-order valence-corrected chi connectivity index (χ1v) is 6.87. The van der Waals surface area contributed by atoms with Crippen LogP contribution in [0.1, 0.15) is 25.3 Å². The standard InChI is InChI=1S/C17H17NO2/c1-3-20-17(19)11(2)12-8-9-14-13-6-4-5-7-15(13)18-16(14)10-12/h4-11,18H,3H2,1-2H3. The third-order valence-electron chi connectivity index (χ3n) is 3.67. The summed E-state index contributed by atoms with van der Waals surface area (Å²) in [5.41, 5.74) is 3.14. The summed E-state index contributed by atoms with van der Waals surface area (Å²) in [6.07, 6.45) is 0. The second-order valence-electron chi connectivity index (χ2n) is 4.95. The van der Waals surface area contributed by atoms with Gasteiger partial charge in [-0.25, -0.2) is 0 Å². The van der Waals surface area contributed by atoms with Gasteiger partial charge in [-0.3, -0.25) is 4.79 Å². The number of aromatic nitrogens is 1. The fraction of sp³-hybridized carbons (Fsp3) is 0.235. The average Bonchev–Trinajstić information content (AvgIpc) is 2.84. The van der Waals surface area contributed by atoms with Crippen molar-refractivity contribution in [2.24, 2.45) is 0 Å². The number of fused-ring (bicyclic) bond motifs is 3. The molecular weight excluding hydrogens is 250 g/mol. The van der Waals surface area contributed by atoms with Gasteiger partial charge in [0.05, 0.1) is 12.5 Å². The van der Waals surface area contributed by atoms with Crippen LogP contribution < -0.4 is 0 Å². The molecule has 2 aromatic carbocycles. The van der Waals surface area contributed by atoms with Crippen LogP contribution in [-0.2, 0) is 9.53 Å². The van der Waals surface area contributed by atoms with E-state index in [1.165, 1.54) is 10.8 Å². The predicted octanol–water partition coefficient (Wildman–Crippen LogP) is 3.99. The third-order valence-corrected chi connectivity index (χ3v) is 3.67. The van der Waals surface area contributed by atoms with Crippen molar-refractivity contribution < 1.29 is 9.53 Å². The molecule has 3 nitrogen and oxygen atoms in total. The molecule has 0 saturated carbocycles. The Kier molecular flexibility index (Phi) is 3.18. The number of nitrogens with one attached hydrogen (secondary N) is 1. The van der Waals surface area contributed by atoms with E-state index in [2.05, 4.69) is 23.2 Å². The van der Waals surface area contributed by atoms with E-state index >= 15 is 0 Å². The molecule has 3 aromatic rings. The molecule has 3 rings (SSSR count). The van der Waals surface area contributed by atoms with Gasteiger partial charge >= 0.3 is 5.97 Å². The summed E-state index contributed by atoms with van der Waals surface area (Å²) in [5, 5.41) is 2.39. The smallest absolute Gasteiger partial charge is 0.313 e. The maximum Gasteiger partial charge on any atom is 0.313 e. The molecule has 0 amide bonds. The molecule has 1 unspecified atom stereocenters. The van der Waals surface area contributed by atoms with E-state index in [-0.39, 0.29) is 11.9 Å². The molecule has 1 N–H and O–H groups in total. The molecule has 3 heteroatoms. The number of aromatic amines is 1. The SMILES string of the molecule is CCOC(=O)C(C)c1ccc2c(c1)[nH]c1ccccc12. The number of hydrogen-bond acceptors (Lipinski definition) is 2. The number of rotatable bonds is 3. The monoisotopic (exact) mass is 267 g/mol. The van der Waals surface area contributed by atoms with E-state index in [1.807, 2.05) is 38.1 Å². The second-order valence-corrected chi connectivity index (χ2v) is 4.95. The van der Waals surface area contributed by atoms with Crippen LogP contribution in [-0.4, -0.2) is 17.6 Å². The molecule has 0 saturated heterocycles. The number of carbonyl (C=O) groups excluding carboxylic acids is 1. The van der Waals surface area contributed by atoms with Crippen LogP contribution in [0.4, 0.5) is 0 Å². The van der Waals surface area contributed by atoms with E-state index in [0.29, 0.717) is 6.61 Å². The van der Waals surface area contributed by atoms with Crippen molar-refractivity contribution in [3.8, 4) is 0 Å². The minimum atomic E-state index is -0.245. The molecule has 1 aromatic heterocycles. The second kappa shape index (κ2) is 5.00. The minimum absolute atomic E-state index is 0.178. The van der Waals surface area contributed by atoms with Crippen LogP contribution in [0.5, 0.6) is 0 Å². The molecule has 0 aliphatic carbocycles. The van der Waals surface area contributed by atoms with E-state index < -0.39 is 0 Å². The Hall–Kier alpha value is -2.29. The first-order chi connectivity index (χ1) is 9.70. The van der Waals surface area contributed by atoms with Crippen molar-refractivity contribution in [3.63, 3.8) is 0 Å². The maximum absolute atomic E-state index is 11.8. The molecule has 0 spiro atoms. The lowest BCUT2D eigenvalue weighted by molar-refractivity contribution is -0.144. The Morgan fingerprint density at radius 3 is 2.70 bits per heavy atom. The number of H-pyrrole nitrogens is 1. The van der Waals surface area contributed by atoms with Crippen LogP contribution in [0.2, 0.25) is 0 Å². The molecule has 0 bridgehead atoms. The van der Waals surface area contributed by atoms with Crippen LogP contribution in [0.25, 0.3) is 21.8 Å². The Morgan fingerprint density at radius 2 is 1.90 bits per heavy atom. The highest BCUT2D eigenvalue weighted by molar-refractivity contribution is 6.07. The van der Waals surface area contributed by atoms with Crippen molar-refractivity contribution in [3.05, 3.63) is 48.0 Å². The number of carbonyl (C=O) groups is 1. The molecule has 0 aliphatic heterocycles. The van der Waals surface area contributed by atoms with Crippen LogP contribution in [0.15, 0.2) is 42.5 Å². The highest BCUT2D eigenvalue weighted by atomic mass is 16.5. The zero-order valence-electron chi connectivity index (χ0n) is 11.6. The molecule has 0 aliphatic rings. The summed E-state index contributed by atoms with van der Waals surface area (Å²) in [7, 11) is 0. The van der Waals surface area contributed by atoms with Crippen LogP contribution in [0.3, 0.4) is 0 Å². The van der Waals surface area contributed by atoms with E-state index in [0.717, 1.165) is 16.6 Å². The summed E-state index contributed by atoms with van der Waals surface area (Å²) in [4.78, 5) is 15.2. The number of benzene rings is 2. The Balaban J connectivity index is 2.06. The van der Waals surface area contributed by atoms with Gasteiger partial charge in [0, 0.05) is 21.8 Å². The van der Waals surface area contributed by atoms with Gasteiger partial charge in [-0.05, 0) is 31.5 Å². The number of para-hydroxylation sites is 1. The van der Waals surface area contributed by atoms with E-state index in [4.69, 9.17) is 4.74 Å². The highest BCUT2D eigenvalue weighted by Crippen LogP contribution is 2.28. The van der Waals surface area contributed by atoms with Crippen molar-refractivity contribution in [1.82, 2.24) is 4.98 Å². The topological polar surface area (TPSA) is 42.1 Å². The summed E-state index contributed by atoms with van der Waals surface area (Å²) in [6.45, 7) is 4.12. The Labute approximate surface area is 117 Å². The molecule has 20 heavy (non-hydrogen) atoms. The van der Waals surface area contributed by atoms with Gasteiger partial charge in [0.25, 0.3) is 0 Å². The van der Waals surface area contributed by atoms with Gasteiger partial charge in [-0.1, -0.05) is 30.3 Å². The van der Waals surface area contributed by atoms with Crippen LogP contribution in [0, 0.1) is 0 Å². The lowest BCUT2D eigenvalue weighted by Gasteiger charge is -2.10.